The van der Waals surface area contributed by atoms with E-state index in [0.717, 1.165) is 16.5 Å². The predicted molar refractivity (Wildman–Crippen MR) is 93.9 cm³/mol. The average molecular weight is 372 g/mol. The molecule has 23 heavy (non-hydrogen) atoms. The Balaban J connectivity index is 1.51. The summed E-state index contributed by atoms with van der Waals surface area (Å²) in [4.78, 5) is 28.1. The van der Waals surface area contributed by atoms with Crippen molar-refractivity contribution in [1.29, 1.82) is 0 Å². The van der Waals surface area contributed by atoms with Gasteiger partial charge in [-0.3, -0.25) is 14.0 Å². The molecule has 0 saturated heterocycles. The van der Waals surface area contributed by atoms with Crippen LogP contribution in [0.4, 0.5) is 0 Å². The van der Waals surface area contributed by atoms with Gasteiger partial charge in [0.05, 0.1) is 10.7 Å². The zero-order chi connectivity index (χ0) is 16.2. The highest BCUT2D eigenvalue weighted by Gasteiger charge is 2.19. The Morgan fingerprint density at radius 2 is 2.17 bits per heavy atom. The summed E-state index contributed by atoms with van der Waals surface area (Å²) in [5, 5.41) is 5.94. The summed E-state index contributed by atoms with van der Waals surface area (Å²) in [5.74, 6) is 0.293. The van der Waals surface area contributed by atoms with E-state index in [-0.39, 0.29) is 15.8 Å². The summed E-state index contributed by atoms with van der Waals surface area (Å²) in [6, 6.07) is 0. The second-order valence-electron chi connectivity index (χ2n) is 5.68. The van der Waals surface area contributed by atoms with E-state index in [2.05, 4.69) is 15.1 Å². The van der Waals surface area contributed by atoms with Crippen LogP contribution in [0, 0.1) is 0 Å². The highest BCUT2D eigenvalue weighted by Crippen LogP contribution is 2.33. The number of nitrogens with zero attached hydrogens (tertiary/aromatic N) is 1. The minimum atomic E-state index is -0.418. The first-order valence-electron chi connectivity index (χ1n) is 7.74. The molecule has 1 aliphatic carbocycles. The fourth-order valence-electron chi connectivity index (χ4n) is 2.83. The van der Waals surface area contributed by atoms with Gasteiger partial charge in [-0.05, 0) is 12.8 Å². The first-order chi connectivity index (χ1) is 11.1. The van der Waals surface area contributed by atoms with Crippen LogP contribution in [0.1, 0.15) is 58.4 Å². The van der Waals surface area contributed by atoms with Gasteiger partial charge in [-0.25, -0.2) is 4.98 Å². The molecular formula is C15H18ClN3O2S2. The summed E-state index contributed by atoms with van der Waals surface area (Å²) in [7, 11) is 0. The number of H-pyrrole nitrogens is 1. The number of hydrogen-bond donors (Lipinski definition) is 2. The standard InChI is InChI=1S/C15H18ClN3O2S2/c16-12-13(23-19-14(12)20)15(21)17-7-6-11-18-10(8-22-11)9-4-2-1-3-5-9/h8-9H,1-7H2,(H,17,21)(H,19,20). The van der Waals surface area contributed by atoms with Gasteiger partial charge in [-0.15, -0.1) is 11.3 Å². The maximum Gasteiger partial charge on any atom is 0.277 e. The summed E-state index contributed by atoms with van der Waals surface area (Å²) < 4.78 is 2.45. The van der Waals surface area contributed by atoms with E-state index < -0.39 is 5.56 Å². The van der Waals surface area contributed by atoms with Crippen LogP contribution < -0.4 is 10.9 Å². The van der Waals surface area contributed by atoms with Crippen LogP contribution in [0.25, 0.3) is 0 Å². The monoisotopic (exact) mass is 371 g/mol. The largest absolute Gasteiger partial charge is 0.351 e. The van der Waals surface area contributed by atoms with E-state index >= 15 is 0 Å². The lowest BCUT2D eigenvalue weighted by Gasteiger charge is -2.19. The third kappa shape index (κ3) is 4.02. The van der Waals surface area contributed by atoms with Crippen LogP contribution >= 0.6 is 34.5 Å². The minimum Gasteiger partial charge on any atom is -0.351 e. The van der Waals surface area contributed by atoms with E-state index in [0.29, 0.717) is 18.9 Å². The van der Waals surface area contributed by atoms with Crippen molar-refractivity contribution in [3.8, 4) is 0 Å². The van der Waals surface area contributed by atoms with Crippen molar-refractivity contribution in [3.63, 3.8) is 0 Å². The Morgan fingerprint density at radius 3 is 2.87 bits per heavy atom. The molecule has 0 radical (unpaired) electrons. The molecule has 3 rings (SSSR count). The molecular weight excluding hydrogens is 354 g/mol. The van der Waals surface area contributed by atoms with Crippen molar-refractivity contribution in [2.24, 2.45) is 0 Å². The number of carbonyl (C=O) groups excluding carboxylic acids is 1. The Morgan fingerprint density at radius 1 is 1.39 bits per heavy atom. The first kappa shape index (κ1) is 16.7. The number of halogens is 1. The van der Waals surface area contributed by atoms with E-state index in [1.165, 1.54) is 37.8 Å². The van der Waals surface area contributed by atoms with Crippen LogP contribution in [0.15, 0.2) is 10.2 Å². The Labute approximate surface area is 147 Å². The number of carbonyl (C=O) groups is 1. The predicted octanol–water partition coefficient (Wildman–Crippen LogP) is 3.57. The molecule has 2 heterocycles. The SMILES string of the molecule is O=C(NCCc1nc(C2CCCCC2)cs1)c1s[nH]c(=O)c1Cl. The molecule has 2 aromatic heterocycles. The maximum absolute atomic E-state index is 12.0. The smallest absolute Gasteiger partial charge is 0.277 e. The molecule has 0 spiro atoms. The number of amides is 1. The van der Waals surface area contributed by atoms with E-state index in [9.17, 15) is 9.59 Å². The Kier molecular flexibility index (Phi) is 5.50. The van der Waals surface area contributed by atoms with Gasteiger partial charge in [0.15, 0.2) is 0 Å². The van der Waals surface area contributed by atoms with E-state index in [1.54, 1.807) is 11.3 Å². The van der Waals surface area contributed by atoms with Gasteiger partial charge in [0.25, 0.3) is 11.5 Å². The number of rotatable bonds is 5. The number of aromatic amines is 1. The summed E-state index contributed by atoms with van der Waals surface area (Å²) >= 11 is 8.40. The molecule has 1 aliphatic rings. The lowest BCUT2D eigenvalue weighted by Crippen LogP contribution is -2.25. The third-order valence-electron chi connectivity index (χ3n) is 4.07. The summed E-state index contributed by atoms with van der Waals surface area (Å²) in [6.07, 6.45) is 7.12. The van der Waals surface area contributed by atoms with Crippen molar-refractivity contribution >= 4 is 40.4 Å². The number of aromatic nitrogens is 2. The topological polar surface area (TPSA) is 74.8 Å². The molecule has 1 saturated carbocycles. The van der Waals surface area contributed by atoms with Gasteiger partial charge in [0.1, 0.15) is 9.90 Å². The highest BCUT2D eigenvalue weighted by atomic mass is 35.5. The second kappa shape index (κ2) is 7.59. The second-order valence-corrected chi connectivity index (χ2v) is 7.82. The van der Waals surface area contributed by atoms with Gasteiger partial charge in [0, 0.05) is 24.3 Å². The van der Waals surface area contributed by atoms with Gasteiger partial charge >= 0.3 is 0 Å². The highest BCUT2D eigenvalue weighted by molar-refractivity contribution is 7.09. The van der Waals surface area contributed by atoms with Gasteiger partial charge in [0.2, 0.25) is 0 Å². The number of hydrogen-bond acceptors (Lipinski definition) is 5. The number of thiazole rings is 1. The molecule has 2 N–H and O–H groups in total. The normalized spacial score (nSPS) is 15.7. The molecule has 0 atom stereocenters. The van der Waals surface area contributed by atoms with Crippen LogP contribution in [0.2, 0.25) is 5.02 Å². The molecule has 1 amide bonds. The molecule has 0 aromatic carbocycles. The third-order valence-corrected chi connectivity index (χ3v) is 6.35. The van der Waals surface area contributed by atoms with Crippen molar-refractivity contribution in [2.45, 2.75) is 44.4 Å². The molecule has 0 bridgehead atoms. The molecule has 2 aromatic rings. The van der Waals surface area contributed by atoms with Gasteiger partial charge in [-0.2, -0.15) is 0 Å². The minimum absolute atomic E-state index is 0.0404. The quantitative estimate of drug-likeness (QED) is 0.843. The van der Waals surface area contributed by atoms with Crippen molar-refractivity contribution in [3.05, 3.63) is 36.3 Å². The van der Waals surface area contributed by atoms with Crippen molar-refractivity contribution in [1.82, 2.24) is 14.7 Å². The average Bonchev–Trinajstić information content (AvgIpc) is 3.16. The number of nitrogens with one attached hydrogen (secondary N) is 2. The lowest BCUT2D eigenvalue weighted by molar-refractivity contribution is 0.0958. The molecule has 124 valence electrons. The zero-order valence-corrected chi connectivity index (χ0v) is 15.0. The fraction of sp³-hybridized carbons (Fsp3) is 0.533. The molecule has 8 heteroatoms. The molecule has 1 fully saturated rings. The molecule has 0 aliphatic heterocycles. The first-order valence-corrected chi connectivity index (χ1v) is 9.82. The zero-order valence-electron chi connectivity index (χ0n) is 12.6. The summed E-state index contributed by atoms with van der Waals surface area (Å²) in [6.45, 7) is 0.485. The fourth-order valence-corrected chi connectivity index (χ4v) is 4.65. The Bertz CT molecular complexity index is 731. The summed E-state index contributed by atoms with van der Waals surface area (Å²) in [5.41, 5.74) is 0.793. The van der Waals surface area contributed by atoms with Crippen LogP contribution in [0.5, 0.6) is 0 Å². The van der Waals surface area contributed by atoms with Gasteiger partial charge in [-0.1, -0.05) is 42.4 Å². The molecule has 5 nitrogen and oxygen atoms in total. The Hall–Kier alpha value is -1.18. The van der Waals surface area contributed by atoms with E-state index in [4.69, 9.17) is 16.6 Å². The maximum atomic E-state index is 12.0. The van der Waals surface area contributed by atoms with Gasteiger partial charge < -0.3 is 5.32 Å². The lowest BCUT2D eigenvalue weighted by atomic mass is 9.87. The van der Waals surface area contributed by atoms with Crippen molar-refractivity contribution in [2.75, 3.05) is 6.54 Å². The van der Waals surface area contributed by atoms with Crippen LogP contribution in [0.3, 0.4) is 0 Å². The van der Waals surface area contributed by atoms with Crippen LogP contribution in [-0.2, 0) is 6.42 Å². The van der Waals surface area contributed by atoms with E-state index in [1.807, 2.05) is 0 Å². The molecule has 0 unspecified atom stereocenters. The van der Waals surface area contributed by atoms with Crippen LogP contribution in [-0.4, -0.2) is 21.8 Å². The van der Waals surface area contributed by atoms with Crippen molar-refractivity contribution < 1.29 is 4.79 Å².